The molecule has 0 bridgehead atoms. The lowest BCUT2D eigenvalue weighted by molar-refractivity contribution is 0.104. The van der Waals surface area contributed by atoms with Gasteiger partial charge in [0.05, 0.1) is 15.7 Å². The summed E-state index contributed by atoms with van der Waals surface area (Å²) in [5.41, 5.74) is 1.56. The highest BCUT2D eigenvalue weighted by atomic mass is 35.5. The highest BCUT2D eigenvalue weighted by Gasteiger charge is 2.22. The van der Waals surface area contributed by atoms with E-state index < -0.39 is 0 Å². The number of thioether (sulfide) groups is 1. The van der Waals surface area contributed by atoms with Crippen molar-refractivity contribution in [2.75, 3.05) is 11.9 Å². The van der Waals surface area contributed by atoms with E-state index in [2.05, 4.69) is 0 Å². The molecule has 0 saturated heterocycles. The summed E-state index contributed by atoms with van der Waals surface area (Å²) in [6.07, 6.45) is 1.61. The molecule has 2 nitrogen and oxygen atoms in total. The summed E-state index contributed by atoms with van der Waals surface area (Å²) in [6, 6.07) is 12.9. The van der Waals surface area contributed by atoms with Gasteiger partial charge in [-0.3, -0.25) is 4.79 Å². The number of anilines is 1. The minimum atomic E-state index is -0.126. The van der Waals surface area contributed by atoms with Gasteiger partial charge >= 0.3 is 0 Å². The quantitative estimate of drug-likeness (QED) is 0.551. The molecule has 5 heteroatoms. The van der Waals surface area contributed by atoms with Crippen molar-refractivity contribution in [2.24, 2.45) is 0 Å². The Bertz CT molecular complexity index is 758. The van der Waals surface area contributed by atoms with Crippen LogP contribution < -0.4 is 4.90 Å². The molecule has 2 aromatic rings. The van der Waals surface area contributed by atoms with Crippen LogP contribution in [0.25, 0.3) is 0 Å². The molecule has 0 atom stereocenters. The molecule has 2 aromatic carbocycles. The Labute approximate surface area is 137 Å². The van der Waals surface area contributed by atoms with Crippen molar-refractivity contribution < 1.29 is 4.79 Å². The Morgan fingerprint density at radius 3 is 2.67 bits per heavy atom. The third-order valence-electron chi connectivity index (χ3n) is 3.22. The minimum Gasteiger partial charge on any atom is -0.338 e. The maximum atomic E-state index is 12.4. The first-order valence-corrected chi connectivity index (χ1v) is 7.85. The van der Waals surface area contributed by atoms with Crippen LogP contribution in [0.2, 0.25) is 10.0 Å². The number of rotatable bonds is 2. The molecule has 1 heterocycles. The summed E-state index contributed by atoms with van der Waals surface area (Å²) in [6.45, 7) is 0. The SMILES string of the molecule is CN1C(=CC(=O)c2ccc(Cl)cc2Cl)Sc2ccccc21. The molecular formula is C16H11Cl2NOS. The summed E-state index contributed by atoms with van der Waals surface area (Å²) < 4.78 is 0. The fraction of sp³-hybridized carbons (Fsp3) is 0.0625. The van der Waals surface area contributed by atoms with E-state index in [9.17, 15) is 4.79 Å². The Balaban J connectivity index is 1.91. The van der Waals surface area contributed by atoms with Crippen molar-refractivity contribution in [2.45, 2.75) is 4.90 Å². The topological polar surface area (TPSA) is 20.3 Å². The maximum absolute atomic E-state index is 12.4. The van der Waals surface area contributed by atoms with Crippen LogP contribution in [-0.4, -0.2) is 12.8 Å². The Kier molecular flexibility index (Phi) is 3.98. The average Bonchev–Trinajstić information content (AvgIpc) is 2.76. The van der Waals surface area contributed by atoms with Crippen LogP contribution in [0.4, 0.5) is 5.69 Å². The molecule has 1 aliphatic heterocycles. The van der Waals surface area contributed by atoms with Gasteiger partial charge in [0, 0.05) is 28.6 Å². The number of benzene rings is 2. The standard InChI is InChI=1S/C16H11Cl2NOS/c1-19-13-4-2-3-5-15(13)21-16(19)9-14(20)11-7-6-10(17)8-12(11)18/h2-9H,1H3. The molecule has 3 rings (SSSR count). The Hall–Kier alpha value is -1.42. The summed E-state index contributed by atoms with van der Waals surface area (Å²) in [5, 5.41) is 1.77. The van der Waals surface area contributed by atoms with Gasteiger partial charge in [0.2, 0.25) is 0 Å². The molecular weight excluding hydrogens is 325 g/mol. The third kappa shape index (κ3) is 2.82. The van der Waals surface area contributed by atoms with E-state index in [0.29, 0.717) is 15.6 Å². The van der Waals surface area contributed by atoms with Crippen molar-refractivity contribution in [3.63, 3.8) is 0 Å². The van der Waals surface area contributed by atoms with Gasteiger partial charge in [-0.25, -0.2) is 0 Å². The zero-order valence-electron chi connectivity index (χ0n) is 11.1. The molecule has 0 aromatic heterocycles. The number of hydrogen-bond acceptors (Lipinski definition) is 3. The molecule has 0 aliphatic carbocycles. The van der Waals surface area contributed by atoms with E-state index in [1.54, 1.807) is 36.0 Å². The first kappa shape index (κ1) is 14.5. The molecule has 0 fully saturated rings. The molecule has 0 radical (unpaired) electrons. The van der Waals surface area contributed by atoms with E-state index in [4.69, 9.17) is 23.2 Å². The van der Waals surface area contributed by atoms with E-state index in [-0.39, 0.29) is 5.78 Å². The fourth-order valence-electron chi connectivity index (χ4n) is 2.13. The summed E-state index contributed by atoms with van der Waals surface area (Å²) in [7, 11) is 1.95. The molecule has 21 heavy (non-hydrogen) atoms. The molecule has 0 saturated carbocycles. The summed E-state index contributed by atoms with van der Waals surface area (Å²) in [4.78, 5) is 15.5. The first-order chi connectivity index (χ1) is 10.1. The van der Waals surface area contributed by atoms with E-state index in [1.807, 2.05) is 36.2 Å². The van der Waals surface area contributed by atoms with Crippen LogP contribution in [0.5, 0.6) is 0 Å². The summed E-state index contributed by atoms with van der Waals surface area (Å²) >= 11 is 13.5. The van der Waals surface area contributed by atoms with Crippen molar-refractivity contribution in [3.8, 4) is 0 Å². The van der Waals surface area contributed by atoms with E-state index in [1.165, 1.54) is 0 Å². The van der Waals surface area contributed by atoms with E-state index in [0.717, 1.165) is 15.6 Å². The zero-order chi connectivity index (χ0) is 15.0. The molecule has 0 unspecified atom stereocenters. The number of carbonyl (C=O) groups is 1. The van der Waals surface area contributed by atoms with E-state index >= 15 is 0 Å². The predicted molar refractivity (Wildman–Crippen MR) is 89.6 cm³/mol. The number of ketones is 1. The largest absolute Gasteiger partial charge is 0.338 e. The van der Waals surface area contributed by atoms with Crippen molar-refractivity contribution in [1.29, 1.82) is 0 Å². The lowest BCUT2D eigenvalue weighted by Gasteiger charge is -2.13. The van der Waals surface area contributed by atoms with Gasteiger partial charge in [0.25, 0.3) is 0 Å². The lowest BCUT2D eigenvalue weighted by Crippen LogP contribution is -2.11. The van der Waals surface area contributed by atoms with Gasteiger partial charge in [0.15, 0.2) is 5.78 Å². The minimum absolute atomic E-state index is 0.126. The zero-order valence-corrected chi connectivity index (χ0v) is 13.5. The second-order valence-corrected chi connectivity index (χ2v) is 6.51. The molecule has 0 amide bonds. The number of para-hydroxylation sites is 1. The highest BCUT2D eigenvalue weighted by molar-refractivity contribution is 8.03. The number of halogens is 2. The van der Waals surface area contributed by atoms with Gasteiger partial charge in [-0.2, -0.15) is 0 Å². The van der Waals surface area contributed by atoms with Gasteiger partial charge < -0.3 is 4.90 Å². The normalized spacial score (nSPS) is 15.4. The molecule has 1 aliphatic rings. The fourth-order valence-corrected chi connectivity index (χ4v) is 3.71. The second kappa shape index (κ2) is 5.76. The molecule has 106 valence electrons. The van der Waals surface area contributed by atoms with Gasteiger partial charge in [-0.05, 0) is 30.3 Å². The number of nitrogens with zero attached hydrogens (tertiary/aromatic N) is 1. The Morgan fingerprint density at radius 2 is 1.95 bits per heavy atom. The lowest BCUT2D eigenvalue weighted by atomic mass is 10.1. The number of fused-ring (bicyclic) bond motifs is 1. The van der Waals surface area contributed by atoms with Crippen LogP contribution in [0.3, 0.4) is 0 Å². The maximum Gasteiger partial charge on any atom is 0.189 e. The number of carbonyl (C=O) groups excluding carboxylic acids is 1. The predicted octanol–water partition coefficient (Wildman–Crippen LogP) is 5.26. The van der Waals surface area contributed by atoms with Crippen LogP contribution in [0, 0.1) is 0 Å². The van der Waals surface area contributed by atoms with Gasteiger partial charge in [0.1, 0.15) is 0 Å². The Morgan fingerprint density at radius 1 is 1.19 bits per heavy atom. The van der Waals surface area contributed by atoms with Crippen LogP contribution in [0.15, 0.2) is 58.5 Å². The number of hydrogen-bond donors (Lipinski definition) is 0. The van der Waals surface area contributed by atoms with Gasteiger partial charge in [-0.15, -0.1) is 0 Å². The first-order valence-electron chi connectivity index (χ1n) is 6.28. The average molecular weight is 336 g/mol. The van der Waals surface area contributed by atoms with Crippen LogP contribution in [-0.2, 0) is 0 Å². The number of allylic oxidation sites excluding steroid dienone is 1. The van der Waals surface area contributed by atoms with Crippen molar-refractivity contribution in [1.82, 2.24) is 0 Å². The van der Waals surface area contributed by atoms with Crippen molar-refractivity contribution in [3.05, 3.63) is 69.2 Å². The smallest absolute Gasteiger partial charge is 0.189 e. The van der Waals surface area contributed by atoms with Crippen molar-refractivity contribution >= 4 is 46.4 Å². The van der Waals surface area contributed by atoms with Crippen LogP contribution >= 0.6 is 35.0 Å². The molecule has 0 N–H and O–H groups in total. The van der Waals surface area contributed by atoms with Crippen LogP contribution in [0.1, 0.15) is 10.4 Å². The molecule has 0 spiro atoms. The monoisotopic (exact) mass is 335 g/mol. The van der Waals surface area contributed by atoms with Gasteiger partial charge in [-0.1, -0.05) is 47.1 Å². The summed E-state index contributed by atoms with van der Waals surface area (Å²) in [5.74, 6) is -0.126. The second-order valence-electron chi connectivity index (χ2n) is 4.60. The third-order valence-corrected chi connectivity index (χ3v) is 4.94. The highest BCUT2D eigenvalue weighted by Crippen LogP contribution is 2.44.